The summed E-state index contributed by atoms with van der Waals surface area (Å²) in [5, 5.41) is 13.6. The molecule has 1 heterocycles. The first-order valence-electron chi connectivity index (χ1n) is 7.85. The van der Waals surface area contributed by atoms with Crippen LogP contribution in [-0.4, -0.2) is 35.3 Å². The number of aliphatic hydroxyl groups is 1. The summed E-state index contributed by atoms with van der Waals surface area (Å²) in [5.41, 5.74) is 2.58. The molecule has 1 unspecified atom stereocenters. The molecule has 124 valence electrons. The second kappa shape index (κ2) is 7.19. The second-order valence-corrected chi connectivity index (χ2v) is 5.74. The highest BCUT2D eigenvalue weighted by atomic mass is 16.5. The lowest BCUT2D eigenvalue weighted by Crippen LogP contribution is -2.35. The van der Waals surface area contributed by atoms with Crippen LogP contribution in [-0.2, 0) is 0 Å². The van der Waals surface area contributed by atoms with Gasteiger partial charge in [0.25, 0.3) is 5.91 Å². The molecule has 5 nitrogen and oxygen atoms in total. The van der Waals surface area contributed by atoms with Crippen molar-refractivity contribution >= 4 is 16.8 Å². The monoisotopic (exact) mass is 324 g/mol. The zero-order chi connectivity index (χ0) is 16.9. The van der Waals surface area contributed by atoms with Crippen molar-refractivity contribution in [2.45, 2.75) is 13.0 Å². The van der Waals surface area contributed by atoms with Crippen LogP contribution < -0.4 is 10.1 Å². The minimum atomic E-state index is -0.778. The average Bonchev–Trinajstić information content (AvgIpc) is 3.06. The van der Waals surface area contributed by atoms with Gasteiger partial charge in [-0.25, -0.2) is 0 Å². The fourth-order valence-corrected chi connectivity index (χ4v) is 2.55. The number of H-pyrrole nitrogens is 1. The maximum Gasteiger partial charge on any atom is 0.252 e. The van der Waals surface area contributed by atoms with Crippen LogP contribution in [0.1, 0.15) is 15.9 Å². The maximum absolute atomic E-state index is 12.3. The SMILES string of the molecule is Cc1cccc(OCC(O)CNC(=O)c2cccc3[nH]ccc23)c1. The molecule has 0 fully saturated rings. The molecule has 1 atom stereocenters. The van der Waals surface area contributed by atoms with Crippen molar-refractivity contribution in [3.05, 3.63) is 65.9 Å². The maximum atomic E-state index is 12.3. The molecule has 3 aromatic rings. The molecule has 0 aliphatic carbocycles. The molecule has 0 aliphatic heterocycles. The van der Waals surface area contributed by atoms with Crippen molar-refractivity contribution < 1.29 is 14.6 Å². The van der Waals surface area contributed by atoms with Crippen LogP contribution in [0.3, 0.4) is 0 Å². The Morgan fingerprint density at radius 1 is 1.25 bits per heavy atom. The van der Waals surface area contributed by atoms with Crippen molar-refractivity contribution in [1.82, 2.24) is 10.3 Å². The third kappa shape index (κ3) is 3.75. The normalized spacial score (nSPS) is 12.1. The standard InChI is InChI=1S/C19H20N2O3/c1-13-4-2-5-15(10-13)24-12-14(22)11-21-19(23)17-6-3-7-18-16(17)8-9-20-18/h2-10,14,20,22H,11-12H2,1H3,(H,21,23). The number of aromatic nitrogens is 1. The van der Waals surface area contributed by atoms with Gasteiger partial charge in [0.05, 0.1) is 0 Å². The van der Waals surface area contributed by atoms with E-state index in [2.05, 4.69) is 10.3 Å². The van der Waals surface area contributed by atoms with E-state index < -0.39 is 6.10 Å². The van der Waals surface area contributed by atoms with E-state index in [1.54, 1.807) is 12.3 Å². The molecule has 0 spiro atoms. The molecule has 3 N–H and O–H groups in total. The Balaban J connectivity index is 1.53. The number of nitrogens with one attached hydrogen (secondary N) is 2. The highest BCUT2D eigenvalue weighted by Crippen LogP contribution is 2.17. The molecule has 2 aromatic carbocycles. The number of rotatable bonds is 6. The molecular formula is C19H20N2O3. The van der Waals surface area contributed by atoms with E-state index >= 15 is 0 Å². The molecule has 3 rings (SSSR count). The topological polar surface area (TPSA) is 74.3 Å². The zero-order valence-electron chi connectivity index (χ0n) is 13.5. The Morgan fingerprint density at radius 2 is 2.08 bits per heavy atom. The molecule has 0 saturated carbocycles. The number of benzene rings is 2. The molecule has 0 aliphatic rings. The molecule has 0 radical (unpaired) electrons. The van der Waals surface area contributed by atoms with Crippen molar-refractivity contribution in [3.8, 4) is 5.75 Å². The second-order valence-electron chi connectivity index (χ2n) is 5.74. The van der Waals surface area contributed by atoms with Crippen LogP contribution in [0.5, 0.6) is 5.75 Å². The van der Waals surface area contributed by atoms with Crippen LogP contribution in [0.25, 0.3) is 10.9 Å². The number of fused-ring (bicyclic) bond motifs is 1. The summed E-state index contributed by atoms with van der Waals surface area (Å²) in [5.74, 6) is 0.493. The van der Waals surface area contributed by atoms with E-state index in [4.69, 9.17) is 4.74 Å². The summed E-state index contributed by atoms with van der Waals surface area (Å²) >= 11 is 0. The lowest BCUT2D eigenvalue weighted by Gasteiger charge is -2.14. The van der Waals surface area contributed by atoms with Gasteiger partial charge in [-0.05, 0) is 42.8 Å². The number of hydrogen-bond donors (Lipinski definition) is 3. The molecule has 24 heavy (non-hydrogen) atoms. The lowest BCUT2D eigenvalue weighted by molar-refractivity contribution is 0.0845. The number of amides is 1. The van der Waals surface area contributed by atoms with Crippen molar-refractivity contribution in [3.63, 3.8) is 0 Å². The van der Waals surface area contributed by atoms with E-state index in [-0.39, 0.29) is 19.1 Å². The third-order valence-corrected chi connectivity index (χ3v) is 3.77. The molecule has 0 bridgehead atoms. The fraction of sp³-hybridized carbons (Fsp3) is 0.211. The summed E-state index contributed by atoms with van der Waals surface area (Å²) < 4.78 is 5.54. The fourth-order valence-electron chi connectivity index (χ4n) is 2.55. The van der Waals surface area contributed by atoms with Gasteiger partial charge < -0.3 is 20.1 Å². The number of carbonyl (C=O) groups excluding carboxylic acids is 1. The quantitative estimate of drug-likeness (QED) is 0.652. The number of aryl methyl sites for hydroxylation is 1. The Bertz CT molecular complexity index is 841. The van der Waals surface area contributed by atoms with E-state index in [0.717, 1.165) is 16.5 Å². The van der Waals surface area contributed by atoms with Crippen LogP contribution in [0, 0.1) is 6.92 Å². The number of aliphatic hydroxyl groups excluding tert-OH is 1. The number of hydrogen-bond acceptors (Lipinski definition) is 3. The first-order valence-corrected chi connectivity index (χ1v) is 7.85. The Morgan fingerprint density at radius 3 is 2.92 bits per heavy atom. The number of ether oxygens (including phenoxy) is 1. The van der Waals surface area contributed by atoms with Crippen LogP contribution in [0.2, 0.25) is 0 Å². The Labute approximate surface area is 140 Å². The highest BCUT2D eigenvalue weighted by molar-refractivity contribution is 6.06. The van der Waals surface area contributed by atoms with Gasteiger partial charge in [0.2, 0.25) is 0 Å². The summed E-state index contributed by atoms with van der Waals surface area (Å²) in [7, 11) is 0. The Hall–Kier alpha value is -2.79. The van der Waals surface area contributed by atoms with Gasteiger partial charge in [0.15, 0.2) is 0 Å². The molecular weight excluding hydrogens is 304 g/mol. The summed E-state index contributed by atoms with van der Waals surface area (Å²) in [4.78, 5) is 15.4. The zero-order valence-corrected chi connectivity index (χ0v) is 13.5. The molecule has 5 heteroatoms. The third-order valence-electron chi connectivity index (χ3n) is 3.77. The van der Waals surface area contributed by atoms with Crippen LogP contribution in [0.4, 0.5) is 0 Å². The van der Waals surface area contributed by atoms with Crippen molar-refractivity contribution in [2.24, 2.45) is 0 Å². The predicted octanol–water partition coefficient (Wildman–Crippen LogP) is 2.65. The molecule has 0 saturated heterocycles. The number of carbonyl (C=O) groups is 1. The molecule has 1 aromatic heterocycles. The minimum absolute atomic E-state index is 0.123. The number of aromatic amines is 1. The van der Waals surface area contributed by atoms with Crippen LogP contribution in [0.15, 0.2) is 54.7 Å². The summed E-state index contributed by atoms with van der Waals surface area (Å²) in [6.45, 7) is 2.23. The van der Waals surface area contributed by atoms with Crippen molar-refractivity contribution in [2.75, 3.05) is 13.2 Å². The van der Waals surface area contributed by atoms with E-state index in [0.29, 0.717) is 11.3 Å². The van der Waals surface area contributed by atoms with E-state index in [1.807, 2.05) is 49.4 Å². The largest absolute Gasteiger partial charge is 0.491 e. The van der Waals surface area contributed by atoms with Gasteiger partial charge in [-0.1, -0.05) is 18.2 Å². The van der Waals surface area contributed by atoms with E-state index in [9.17, 15) is 9.90 Å². The highest BCUT2D eigenvalue weighted by Gasteiger charge is 2.12. The lowest BCUT2D eigenvalue weighted by atomic mass is 10.1. The Kier molecular flexibility index (Phi) is 4.82. The molecule has 1 amide bonds. The van der Waals surface area contributed by atoms with Gasteiger partial charge >= 0.3 is 0 Å². The van der Waals surface area contributed by atoms with Gasteiger partial charge in [0.1, 0.15) is 18.5 Å². The summed E-state index contributed by atoms with van der Waals surface area (Å²) in [6.07, 6.45) is 1.02. The first-order chi connectivity index (χ1) is 11.6. The smallest absolute Gasteiger partial charge is 0.252 e. The van der Waals surface area contributed by atoms with Crippen LogP contribution >= 0.6 is 0 Å². The van der Waals surface area contributed by atoms with Gasteiger partial charge in [-0.15, -0.1) is 0 Å². The summed E-state index contributed by atoms with van der Waals surface area (Å²) in [6, 6.07) is 15.0. The van der Waals surface area contributed by atoms with Gasteiger partial charge in [-0.3, -0.25) is 4.79 Å². The van der Waals surface area contributed by atoms with Gasteiger partial charge in [-0.2, -0.15) is 0 Å². The minimum Gasteiger partial charge on any atom is -0.491 e. The van der Waals surface area contributed by atoms with E-state index in [1.165, 1.54) is 0 Å². The first kappa shape index (κ1) is 16.1. The van der Waals surface area contributed by atoms with Gasteiger partial charge in [0, 0.05) is 29.2 Å². The van der Waals surface area contributed by atoms with Crippen molar-refractivity contribution in [1.29, 1.82) is 0 Å². The average molecular weight is 324 g/mol. The predicted molar refractivity (Wildman–Crippen MR) is 93.3 cm³/mol.